The van der Waals surface area contributed by atoms with Crippen LogP contribution in [0.4, 0.5) is 0 Å². The van der Waals surface area contributed by atoms with Crippen molar-refractivity contribution in [2.75, 3.05) is 14.2 Å². The van der Waals surface area contributed by atoms with Gasteiger partial charge in [0.25, 0.3) is 0 Å². The van der Waals surface area contributed by atoms with Crippen LogP contribution in [0.15, 0.2) is 124 Å². The molecule has 7 rings (SSSR count). The van der Waals surface area contributed by atoms with E-state index in [1.165, 1.54) is 20.9 Å². The number of hydrogen-bond donors (Lipinski definition) is 1. The van der Waals surface area contributed by atoms with Gasteiger partial charge >= 0.3 is 0 Å². The molecule has 7 heteroatoms. The van der Waals surface area contributed by atoms with E-state index in [-0.39, 0.29) is 4.08 Å². The molecule has 2 aliphatic heterocycles. The highest BCUT2D eigenvalue weighted by Crippen LogP contribution is 2.65. The molecule has 194 valence electrons. The first-order chi connectivity index (χ1) is 19.1. The molecular weight excluding hydrogens is 543 g/mol. The average Bonchev–Trinajstić information content (AvgIpc) is 3.73. The highest BCUT2D eigenvalue weighted by Gasteiger charge is 2.48. The van der Waals surface area contributed by atoms with E-state index in [4.69, 9.17) is 14.2 Å². The van der Waals surface area contributed by atoms with Crippen molar-refractivity contribution in [2.24, 2.45) is 0 Å². The first-order valence-corrected chi connectivity index (χ1v) is 15.0. The summed E-state index contributed by atoms with van der Waals surface area (Å²) in [4.78, 5) is 6.57. The predicted octanol–water partition coefficient (Wildman–Crippen LogP) is 8.52. The van der Waals surface area contributed by atoms with Crippen LogP contribution < -0.4 is 14.2 Å². The van der Waals surface area contributed by atoms with Crippen molar-refractivity contribution >= 4 is 35.3 Å². The zero-order chi connectivity index (χ0) is 26.5. The molecule has 0 fully saturated rings. The van der Waals surface area contributed by atoms with Gasteiger partial charge < -0.3 is 19.2 Å². The molecule has 1 unspecified atom stereocenters. The zero-order valence-corrected chi connectivity index (χ0v) is 23.8. The van der Waals surface area contributed by atoms with Crippen LogP contribution in [-0.4, -0.2) is 19.2 Å². The van der Waals surface area contributed by atoms with Gasteiger partial charge in [0.15, 0.2) is 0 Å². The highest BCUT2D eigenvalue weighted by atomic mass is 32.2. The van der Waals surface area contributed by atoms with E-state index in [0.717, 1.165) is 33.4 Å². The lowest BCUT2D eigenvalue weighted by Crippen LogP contribution is -2.28. The molecule has 1 atom stereocenters. The summed E-state index contributed by atoms with van der Waals surface area (Å²) in [6, 6.07) is 35.7. The van der Waals surface area contributed by atoms with Gasteiger partial charge in [0, 0.05) is 27.1 Å². The monoisotopic (exact) mass is 567 g/mol. The summed E-state index contributed by atoms with van der Waals surface area (Å²) in [5.74, 6) is 2.55. The van der Waals surface area contributed by atoms with E-state index in [1.54, 1.807) is 26.0 Å². The number of hydrogen-bond acceptors (Lipinski definition) is 6. The summed E-state index contributed by atoms with van der Waals surface area (Å²) in [6.45, 7) is 0. The third-order valence-electron chi connectivity index (χ3n) is 7.07. The first-order valence-electron chi connectivity index (χ1n) is 12.6. The van der Waals surface area contributed by atoms with E-state index in [2.05, 4.69) is 77.9 Å². The lowest BCUT2D eigenvalue weighted by atomic mass is 10.0. The van der Waals surface area contributed by atoms with Gasteiger partial charge in [-0.3, -0.25) is 0 Å². The van der Waals surface area contributed by atoms with Crippen molar-refractivity contribution in [3.8, 4) is 17.2 Å². The summed E-state index contributed by atoms with van der Waals surface area (Å²) in [7, 11) is 3.39. The summed E-state index contributed by atoms with van der Waals surface area (Å²) >= 11 is 5.49. The van der Waals surface area contributed by atoms with E-state index in [1.807, 2.05) is 59.9 Å². The highest BCUT2D eigenvalue weighted by molar-refractivity contribution is 8.20. The lowest BCUT2D eigenvalue weighted by molar-refractivity contribution is 0.213. The van der Waals surface area contributed by atoms with E-state index in [9.17, 15) is 0 Å². The Morgan fingerprint density at radius 1 is 0.615 bits per heavy atom. The molecule has 39 heavy (non-hydrogen) atoms. The standard InChI is InChI=1S/C32H25NO3S3/c1-34-24-15-11-21(12-16-24)31(36-26-7-3-4-8-27(26)37-31)30-19-23(20-33-30)32(22-13-17-25(35-2)18-14-22)38-28-9-5-6-10-29(28)39-32/h3-20,33H,1-2H3. The van der Waals surface area contributed by atoms with Crippen LogP contribution in [0.3, 0.4) is 0 Å². The summed E-state index contributed by atoms with van der Waals surface area (Å²) < 4.78 is 17.4. The van der Waals surface area contributed by atoms with Crippen LogP contribution in [0.1, 0.15) is 22.4 Å². The minimum Gasteiger partial charge on any atom is -0.497 e. The fourth-order valence-corrected chi connectivity index (χ4v) is 9.54. The molecule has 0 saturated heterocycles. The van der Waals surface area contributed by atoms with Gasteiger partial charge in [0.2, 0.25) is 4.93 Å². The second kappa shape index (κ2) is 9.66. The van der Waals surface area contributed by atoms with Crippen molar-refractivity contribution in [1.82, 2.24) is 4.98 Å². The maximum atomic E-state index is 6.81. The summed E-state index contributed by atoms with van der Waals surface area (Å²) in [5.41, 5.74) is 4.43. The molecule has 5 aromatic rings. The Bertz CT molecular complexity index is 1470. The molecule has 4 aromatic carbocycles. The molecule has 2 aliphatic rings. The maximum absolute atomic E-state index is 6.81. The van der Waals surface area contributed by atoms with Crippen LogP contribution in [0, 0.1) is 0 Å². The van der Waals surface area contributed by atoms with Gasteiger partial charge in [0.05, 0.1) is 24.8 Å². The third kappa shape index (κ3) is 4.03. The third-order valence-corrected chi connectivity index (χ3v) is 11.8. The topological polar surface area (TPSA) is 43.5 Å². The van der Waals surface area contributed by atoms with Gasteiger partial charge in [0.1, 0.15) is 21.3 Å². The molecule has 0 amide bonds. The van der Waals surface area contributed by atoms with Crippen molar-refractivity contribution < 1.29 is 14.2 Å². The van der Waals surface area contributed by atoms with E-state index < -0.39 is 4.93 Å². The Labute approximate surface area is 240 Å². The van der Waals surface area contributed by atoms with E-state index >= 15 is 0 Å². The number of methoxy groups -OCH3 is 2. The molecule has 3 heterocycles. The second-order valence-electron chi connectivity index (χ2n) is 9.29. The van der Waals surface area contributed by atoms with Crippen molar-refractivity contribution in [3.63, 3.8) is 0 Å². The number of rotatable bonds is 6. The number of para-hydroxylation sites is 1. The number of benzene rings is 4. The predicted molar refractivity (Wildman–Crippen MR) is 159 cm³/mol. The summed E-state index contributed by atoms with van der Waals surface area (Å²) in [5, 5.41) is 0. The van der Waals surface area contributed by atoms with Gasteiger partial charge in [-0.2, -0.15) is 0 Å². The Hall–Kier alpha value is -3.39. The van der Waals surface area contributed by atoms with E-state index in [0.29, 0.717) is 0 Å². The van der Waals surface area contributed by atoms with Gasteiger partial charge in [-0.1, -0.05) is 83.8 Å². The zero-order valence-electron chi connectivity index (χ0n) is 21.3. The molecule has 0 aliphatic carbocycles. The maximum Gasteiger partial charge on any atom is 0.225 e. The SMILES string of the molecule is COc1ccc(C2(c3cc(C4(c5ccc(OC)cc5)Sc5ccccc5S4)c[nH]3)Oc3ccccc3S2)cc1. The van der Waals surface area contributed by atoms with Gasteiger partial charge in [-0.25, -0.2) is 0 Å². The molecule has 0 saturated carbocycles. The van der Waals surface area contributed by atoms with Crippen LogP contribution in [0.5, 0.6) is 17.2 Å². The number of aromatic amines is 1. The van der Waals surface area contributed by atoms with Crippen LogP contribution in [0.25, 0.3) is 0 Å². The number of thioether (sulfide) groups is 3. The average molecular weight is 568 g/mol. The minimum atomic E-state index is -0.754. The fraction of sp³-hybridized carbons (Fsp3) is 0.125. The Morgan fingerprint density at radius 2 is 1.18 bits per heavy atom. The molecule has 0 spiro atoms. The number of aromatic nitrogens is 1. The smallest absolute Gasteiger partial charge is 0.225 e. The van der Waals surface area contributed by atoms with Crippen molar-refractivity contribution in [2.45, 2.75) is 23.7 Å². The Balaban J connectivity index is 1.36. The van der Waals surface area contributed by atoms with Gasteiger partial charge in [-0.05, 0) is 60.2 Å². The normalized spacial score (nSPS) is 18.7. The summed E-state index contributed by atoms with van der Waals surface area (Å²) in [6.07, 6.45) is 2.14. The lowest BCUT2D eigenvalue weighted by Gasteiger charge is -2.29. The van der Waals surface area contributed by atoms with Gasteiger partial charge in [-0.15, -0.1) is 0 Å². The number of ether oxygens (including phenoxy) is 3. The second-order valence-corrected chi connectivity index (χ2v) is 13.3. The molecule has 1 aromatic heterocycles. The van der Waals surface area contributed by atoms with Crippen LogP contribution in [0.2, 0.25) is 0 Å². The molecule has 4 nitrogen and oxygen atoms in total. The number of H-pyrrole nitrogens is 1. The fourth-order valence-electron chi connectivity index (χ4n) is 5.08. The Morgan fingerprint density at radius 3 is 1.77 bits per heavy atom. The first kappa shape index (κ1) is 24.6. The van der Waals surface area contributed by atoms with Crippen molar-refractivity contribution in [3.05, 3.63) is 132 Å². The van der Waals surface area contributed by atoms with Crippen LogP contribution >= 0.6 is 35.3 Å². The molecule has 0 bridgehead atoms. The van der Waals surface area contributed by atoms with Crippen molar-refractivity contribution in [1.29, 1.82) is 0 Å². The number of fused-ring (bicyclic) bond motifs is 2. The quantitative estimate of drug-likeness (QED) is 0.222. The molecular formula is C32H25NO3S3. The number of nitrogens with one attached hydrogen (secondary N) is 1. The molecule has 0 radical (unpaired) electrons. The minimum absolute atomic E-state index is 0.359. The van der Waals surface area contributed by atoms with Crippen LogP contribution in [-0.2, 0) is 9.01 Å². The molecule has 1 N–H and O–H groups in total. The largest absolute Gasteiger partial charge is 0.497 e. The Kier molecular flexibility index (Phi) is 6.10.